The highest BCUT2D eigenvalue weighted by atomic mass is 16.5. The van der Waals surface area contributed by atoms with Gasteiger partial charge in [0.2, 0.25) is 0 Å². The summed E-state index contributed by atoms with van der Waals surface area (Å²) in [5.74, 6) is 1.73. The predicted octanol–water partition coefficient (Wildman–Crippen LogP) is 3.09. The Hall–Kier alpha value is -2.07. The molecule has 2 aromatic rings. The summed E-state index contributed by atoms with van der Waals surface area (Å²) < 4.78 is 11.6. The molecule has 1 atom stereocenters. The summed E-state index contributed by atoms with van der Waals surface area (Å²) in [6.45, 7) is 4.32. The molecule has 1 N–H and O–H groups in total. The Labute approximate surface area is 125 Å². The number of aromatic nitrogens is 1. The van der Waals surface area contributed by atoms with Crippen LogP contribution in [0.4, 0.5) is 0 Å². The molecule has 0 saturated carbocycles. The van der Waals surface area contributed by atoms with Crippen LogP contribution in [-0.4, -0.2) is 18.2 Å². The Kier molecular flexibility index (Phi) is 4.36. The third kappa shape index (κ3) is 3.34. The lowest BCUT2D eigenvalue weighted by Gasteiger charge is -2.17. The molecule has 1 aromatic heterocycles. The van der Waals surface area contributed by atoms with Gasteiger partial charge in [-0.25, -0.2) is 0 Å². The van der Waals surface area contributed by atoms with Crippen LogP contribution in [0.5, 0.6) is 11.5 Å². The highest BCUT2D eigenvalue weighted by Crippen LogP contribution is 2.33. The van der Waals surface area contributed by atoms with Crippen LogP contribution in [0.3, 0.4) is 0 Å². The number of nitrogens with zero attached hydrogens (tertiary/aromatic N) is 1. The molecule has 0 amide bonds. The number of nitrogens with one attached hydrogen (secondary N) is 1. The Morgan fingerprint density at radius 1 is 1.14 bits per heavy atom. The van der Waals surface area contributed by atoms with Gasteiger partial charge < -0.3 is 14.8 Å². The van der Waals surface area contributed by atoms with E-state index >= 15 is 0 Å². The van der Waals surface area contributed by atoms with Gasteiger partial charge in [0.15, 0.2) is 11.5 Å². The molecular formula is C17H20N2O2. The smallest absolute Gasteiger partial charge is 0.165 e. The SMILES string of the molecule is C[C@H](NCc1cccc2c1OCCCO2)c1ccncc1. The summed E-state index contributed by atoms with van der Waals surface area (Å²) in [4.78, 5) is 4.05. The normalized spacial score (nSPS) is 15.3. The summed E-state index contributed by atoms with van der Waals surface area (Å²) in [6.07, 6.45) is 4.56. The van der Waals surface area contributed by atoms with Crippen LogP contribution in [0.15, 0.2) is 42.7 Å². The summed E-state index contributed by atoms with van der Waals surface area (Å²) >= 11 is 0. The van der Waals surface area contributed by atoms with Crippen molar-refractivity contribution in [2.45, 2.75) is 25.9 Å². The Bertz CT molecular complexity index is 587. The maximum Gasteiger partial charge on any atom is 0.165 e. The van der Waals surface area contributed by atoms with Crippen LogP contribution in [0.25, 0.3) is 0 Å². The van der Waals surface area contributed by atoms with Crippen molar-refractivity contribution in [3.63, 3.8) is 0 Å². The highest BCUT2D eigenvalue weighted by molar-refractivity contribution is 5.47. The van der Waals surface area contributed by atoms with E-state index in [1.54, 1.807) is 0 Å². The Balaban J connectivity index is 1.71. The maximum absolute atomic E-state index is 5.84. The third-order valence-electron chi connectivity index (χ3n) is 3.66. The molecule has 0 radical (unpaired) electrons. The van der Waals surface area contributed by atoms with E-state index in [9.17, 15) is 0 Å². The van der Waals surface area contributed by atoms with Crippen LogP contribution in [0.1, 0.15) is 30.5 Å². The number of benzene rings is 1. The average Bonchev–Trinajstić information content (AvgIpc) is 2.79. The molecule has 0 aliphatic carbocycles. The van der Waals surface area contributed by atoms with Gasteiger partial charge in [0.1, 0.15) is 0 Å². The molecule has 0 fully saturated rings. The van der Waals surface area contributed by atoms with Crippen molar-refractivity contribution in [2.75, 3.05) is 13.2 Å². The first-order chi connectivity index (χ1) is 10.3. The molecule has 0 bridgehead atoms. The summed E-state index contributed by atoms with van der Waals surface area (Å²) in [6, 6.07) is 10.4. The second-order valence-corrected chi connectivity index (χ2v) is 5.18. The molecule has 4 heteroatoms. The van der Waals surface area contributed by atoms with E-state index < -0.39 is 0 Å². The van der Waals surface area contributed by atoms with Crippen LogP contribution in [0.2, 0.25) is 0 Å². The number of hydrogen-bond acceptors (Lipinski definition) is 4. The molecule has 2 heterocycles. The first-order valence-corrected chi connectivity index (χ1v) is 7.35. The van der Waals surface area contributed by atoms with E-state index in [0.29, 0.717) is 6.61 Å². The average molecular weight is 284 g/mol. The molecule has 0 spiro atoms. The zero-order valence-electron chi connectivity index (χ0n) is 12.2. The van der Waals surface area contributed by atoms with Gasteiger partial charge in [0.25, 0.3) is 0 Å². The minimum atomic E-state index is 0.260. The third-order valence-corrected chi connectivity index (χ3v) is 3.66. The van der Waals surface area contributed by atoms with E-state index in [4.69, 9.17) is 9.47 Å². The zero-order valence-corrected chi connectivity index (χ0v) is 12.2. The van der Waals surface area contributed by atoms with Gasteiger partial charge in [0, 0.05) is 37.0 Å². The lowest BCUT2D eigenvalue weighted by molar-refractivity contribution is 0.295. The monoisotopic (exact) mass is 284 g/mol. The predicted molar refractivity (Wildman–Crippen MR) is 81.5 cm³/mol. The van der Waals surface area contributed by atoms with Crippen LogP contribution in [-0.2, 0) is 6.54 Å². The Morgan fingerprint density at radius 2 is 1.95 bits per heavy atom. The van der Waals surface area contributed by atoms with E-state index in [1.807, 2.05) is 36.7 Å². The van der Waals surface area contributed by atoms with E-state index in [-0.39, 0.29) is 6.04 Å². The van der Waals surface area contributed by atoms with Crippen molar-refractivity contribution >= 4 is 0 Å². The van der Waals surface area contributed by atoms with Gasteiger partial charge in [-0.1, -0.05) is 12.1 Å². The van der Waals surface area contributed by atoms with Gasteiger partial charge in [-0.3, -0.25) is 4.98 Å². The fourth-order valence-corrected chi connectivity index (χ4v) is 2.43. The first kappa shape index (κ1) is 13.9. The van der Waals surface area contributed by atoms with Crippen molar-refractivity contribution in [1.29, 1.82) is 0 Å². The van der Waals surface area contributed by atoms with Crippen molar-refractivity contribution in [3.05, 3.63) is 53.9 Å². The lowest BCUT2D eigenvalue weighted by Crippen LogP contribution is -2.18. The number of fused-ring (bicyclic) bond motifs is 1. The van der Waals surface area contributed by atoms with Crippen molar-refractivity contribution in [2.24, 2.45) is 0 Å². The van der Waals surface area contributed by atoms with E-state index in [1.165, 1.54) is 5.56 Å². The molecule has 1 aromatic carbocycles. The standard InChI is InChI=1S/C17H20N2O2/c1-13(14-6-8-18-9-7-14)19-12-15-4-2-5-16-17(15)21-11-3-10-20-16/h2,4-9,13,19H,3,10-12H2,1H3/t13-/m0/s1. The quantitative estimate of drug-likeness (QED) is 0.937. The minimum Gasteiger partial charge on any atom is -0.490 e. The van der Waals surface area contributed by atoms with Gasteiger partial charge in [-0.15, -0.1) is 0 Å². The number of pyridine rings is 1. The molecule has 3 rings (SSSR count). The largest absolute Gasteiger partial charge is 0.490 e. The molecule has 110 valence electrons. The van der Waals surface area contributed by atoms with Crippen LogP contribution >= 0.6 is 0 Å². The highest BCUT2D eigenvalue weighted by Gasteiger charge is 2.15. The Morgan fingerprint density at radius 3 is 2.81 bits per heavy atom. The number of ether oxygens (including phenoxy) is 2. The van der Waals surface area contributed by atoms with Gasteiger partial charge in [-0.2, -0.15) is 0 Å². The van der Waals surface area contributed by atoms with Crippen molar-refractivity contribution in [1.82, 2.24) is 10.3 Å². The molecular weight excluding hydrogens is 264 g/mol. The van der Waals surface area contributed by atoms with Crippen LogP contribution < -0.4 is 14.8 Å². The minimum absolute atomic E-state index is 0.260. The van der Waals surface area contributed by atoms with Gasteiger partial charge >= 0.3 is 0 Å². The van der Waals surface area contributed by atoms with Crippen molar-refractivity contribution in [3.8, 4) is 11.5 Å². The molecule has 0 saturated heterocycles. The summed E-state index contributed by atoms with van der Waals surface area (Å²) in [7, 11) is 0. The molecule has 4 nitrogen and oxygen atoms in total. The van der Waals surface area contributed by atoms with E-state index in [0.717, 1.165) is 36.6 Å². The summed E-state index contributed by atoms with van der Waals surface area (Å²) in [5.41, 5.74) is 2.36. The topological polar surface area (TPSA) is 43.4 Å². The summed E-state index contributed by atoms with van der Waals surface area (Å²) in [5, 5.41) is 3.52. The van der Waals surface area contributed by atoms with Gasteiger partial charge in [0.05, 0.1) is 13.2 Å². The fraction of sp³-hybridized carbons (Fsp3) is 0.353. The second kappa shape index (κ2) is 6.59. The van der Waals surface area contributed by atoms with Gasteiger partial charge in [-0.05, 0) is 30.7 Å². The van der Waals surface area contributed by atoms with E-state index in [2.05, 4.69) is 23.3 Å². The zero-order chi connectivity index (χ0) is 14.5. The number of para-hydroxylation sites is 1. The fourth-order valence-electron chi connectivity index (χ4n) is 2.43. The van der Waals surface area contributed by atoms with Crippen molar-refractivity contribution < 1.29 is 9.47 Å². The molecule has 1 aliphatic rings. The number of hydrogen-bond donors (Lipinski definition) is 1. The first-order valence-electron chi connectivity index (χ1n) is 7.35. The second-order valence-electron chi connectivity index (χ2n) is 5.18. The molecule has 1 aliphatic heterocycles. The number of rotatable bonds is 4. The maximum atomic E-state index is 5.84. The lowest BCUT2D eigenvalue weighted by atomic mass is 10.1. The molecule has 0 unspecified atom stereocenters. The molecule has 21 heavy (non-hydrogen) atoms. The van der Waals surface area contributed by atoms with Crippen LogP contribution in [0, 0.1) is 0 Å².